The first-order chi connectivity index (χ1) is 41.1. The standard InChI is InChI=1S/C68H105NO14/c1-3-5-7-9-11-13-17-23-29-35-44-72-49-52-75-55-57-77-54-51-74-48-43-65(83-71)39-33-27-21-15-19-26-32-38-47-81-67-63-64(69)41-42-66(67)80-46-37-31-25-20-16-22-28-34-40-68(70)82-62-61-79-60-59-78-58-56-76-53-50-73-45-36-30-24-18-14-12-10-8-6-4-2/h2,41-42,63,65,71H,3,5,7,9,11,13,15-17,19-23,25-29,31-35,37-40,43-44,46-62,69H2,1H3. The number of unbranched alkanes of at least 4 members (excludes halogenated alkanes) is 23. The van der Waals surface area contributed by atoms with Gasteiger partial charge in [0, 0.05) is 67.4 Å². The summed E-state index contributed by atoms with van der Waals surface area (Å²) in [5, 5.41) is 9.38. The normalized spacial score (nSPS) is 10.8. The fraction of sp³-hybridized carbons (Fsp3) is 0.721. The molecule has 1 aromatic carbocycles. The number of anilines is 1. The van der Waals surface area contributed by atoms with E-state index in [4.69, 9.17) is 69.2 Å². The third-order valence-electron chi connectivity index (χ3n) is 12.9. The Morgan fingerprint density at radius 1 is 0.434 bits per heavy atom. The van der Waals surface area contributed by atoms with Crippen molar-refractivity contribution in [3.8, 4) is 83.2 Å². The van der Waals surface area contributed by atoms with Crippen molar-refractivity contribution in [2.45, 2.75) is 199 Å². The molecule has 1 rings (SSSR count). The highest BCUT2D eigenvalue weighted by molar-refractivity contribution is 5.69. The van der Waals surface area contributed by atoms with Gasteiger partial charge in [-0.3, -0.25) is 10.1 Å². The minimum Gasteiger partial charge on any atom is -0.490 e. The van der Waals surface area contributed by atoms with Gasteiger partial charge < -0.3 is 57.8 Å². The number of hydrogen-bond acceptors (Lipinski definition) is 15. The van der Waals surface area contributed by atoms with Crippen LogP contribution < -0.4 is 15.2 Å². The molecule has 15 nitrogen and oxygen atoms in total. The van der Waals surface area contributed by atoms with Crippen LogP contribution in [0.4, 0.5) is 5.69 Å². The Bertz CT molecular complexity index is 2020. The molecule has 1 unspecified atom stereocenters. The Morgan fingerprint density at radius 2 is 0.831 bits per heavy atom. The highest BCUT2D eigenvalue weighted by atomic mass is 17.1. The SMILES string of the molecule is C#CC#CC#CC#CC#CC#COCCOCCOCCOCCOC(=O)CCCCCCCCCCOc1ccc(N)cc1OCCCCCCCCCCC(CCOCCOCCOCCOCCCCCCCCCCCC)OO. The number of ether oxygens (including phenoxy) is 11. The van der Waals surface area contributed by atoms with Crippen LogP contribution in [0.3, 0.4) is 0 Å². The smallest absolute Gasteiger partial charge is 0.305 e. The number of benzene rings is 1. The largest absolute Gasteiger partial charge is 0.490 e. The second-order valence-corrected chi connectivity index (χ2v) is 20.0. The third kappa shape index (κ3) is 57.1. The maximum absolute atomic E-state index is 12.1. The maximum atomic E-state index is 12.1. The summed E-state index contributed by atoms with van der Waals surface area (Å²) in [6, 6.07) is 5.61. The Hall–Kier alpha value is -5.11. The first-order valence-electron chi connectivity index (χ1n) is 31.3. The number of carbonyl (C=O) groups is 1. The molecule has 0 heterocycles. The summed E-state index contributed by atoms with van der Waals surface area (Å²) in [5.41, 5.74) is 6.74. The first-order valence-corrected chi connectivity index (χ1v) is 31.3. The molecule has 0 aliphatic carbocycles. The molecule has 0 amide bonds. The van der Waals surface area contributed by atoms with E-state index < -0.39 is 0 Å². The van der Waals surface area contributed by atoms with Crippen LogP contribution in [0.1, 0.15) is 193 Å². The predicted molar refractivity (Wildman–Crippen MR) is 329 cm³/mol. The molecule has 0 aliphatic heterocycles. The zero-order chi connectivity index (χ0) is 59.5. The lowest BCUT2D eigenvalue weighted by molar-refractivity contribution is -0.282. The minimum absolute atomic E-state index is 0.185. The van der Waals surface area contributed by atoms with Crippen molar-refractivity contribution in [1.29, 1.82) is 0 Å². The molecule has 466 valence electrons. The van der Waals surface area contributed by atoms with Gasteiger partial charge >= 0.3 is 5.97 Å². The topological polar surface area (TPSA) is 174 Å². The van der Waals surface area contributed by atoms with Gasteiger partial charge in [0.05, 0.1) is 98.6 Å². The molecule has 0 aliphatic rings. The molecule has 0 saturated heterocycles. The van der Waals surface area contributed by atoms with Crippen LogP contribution in [-0.4, -0.2) is 136 Å². The summed E-state index contributed by atoms with van der Waals surface area (Å²) in [7, 11) is 0. The van der Waals surface area contributed by atoms with Crippen molar-refractivity contribution in [3.05, 3.63) is 18.2 Å². The number of esters is 1. The summed E-state index contributed by atoms with van der Waals surface area (Å²) >= 11 is 0. The van der Waals surface area contributed by atoms with E-state index in [1.165, 1.54) is 89.9 Å². The van der Waals surface area contributed by atoms with Gasteiger partial charge in [0.25, 0.3) is 0 Å². The maximum Gasteiger partial charge on any atom is 0.305 e. The van der Waals surface area contributed by atoms with Crippen LogP contribution in [0.25, 0.3) is 0 Å². The van der Waals surface area contributed by atoms with Crippen molar-refractivity contribution in [2.24, 2.45) is 0 Å². The van der Waals surface area contributed by atoms with Gasteiger partial charge in [0.15, 0.2) is 11.5 Å². The van der Waals surface area contributed by atoms with Crippen molar-refractivity contribution in [3.63, 3.8) is 0 Å². The monoisotopic (exact) mass is 1160 g/mol. The van der Waals surface area contributed by atoms with Crippen molar-refractivity contribution in [1.82, 2.24) is 0 Å². The summed E-state index contributed by atoms with van der Waals surface area (Å²) in [5.74, 6) is 25.7. The predicted octanol–water partition coefficient (Wildman–Crippen LogP) is 12.5. The van der Waals surface area contributed by atoms with Gasteiger partial charge in [0.2, 0.25) is 0 Å². The highest BCUT2D eigenvalue weighted by Gasteiger charge is 2.10. The van der Waals surface area contributed by atoms with Crippen molar-refractivity contribution in [2.75, 3.05) is 125 Å². The van der Waals surface area contributed by atoms with E-state index in [0.29, 0.717) is 130 Å². The molecule has 0 bridgehead atoms. The van der Waals surface area contributed by atoms with Crippen molar-refractivity contribution >= 4 is 11.7 Å². The van der Waals surface area contributed by atoms with Crippen LogP contribution in [0.5, 0.6) is 11.5 Å². The fourth-order valence-corrected chi connectivity index (χ4v) is 8.30. The van der Waals surface area contributed by atoms with Gasteiger partial charge in [-0.2, -0.15) is 0 Å². The second kappa shape index (κ2) is 64.5. The molecule has 0 spiro atoms. The molecule has 0 fully saturated rings. The lowest BCUT2D eigenvalue weighted by atomic mass is 10.0. The molecule has 0 radical (unpaired) electrons. The first kappa shape index (κ1) is 75.9. The van der Waals surface area contributed by atoms with E-state index in [9.17, 15) is 10.1 Å². The fourth-order valence-electron chi connectivity index (χ4n) is 8.30. The van der Waals surface area contributed by atoms with Gasteiger partial charge in [-0.1, -0.05) is 148 Å². The number of hydrogen-bond donors (Lipinski definition) is 2. The summed E-state index contributed by atoms with van der Waals surface area (Å²) in [6.45, 7) is 11.1. The molecule has 1 atom stereocenters. The molecule has 83 heavy (non-hydrogen) atoms. The molecule has 1 aromatic rings. The van der Waals surface area contributed by atoms with E-state index in [0.717, 1.165) is 95.8 Å². The zero-order valence-corrected chi connectivity index (χ0v) is 51.0. The Morgan fingerprint density at radius 3 is 1.34 bits per heavy atom. The lowest BCUT2D eigenvalue weighted by Crippen LogP contribution is -2.16. The van der Waals surface area contributed by atoms with E-state index >= 15 is 0 Å². The Kier molecular flexibility index (Phi) is 58.9. The third-order valence-corrected chi connectivity index (χ3v) is 12.9. The van der Waals surface area contributed by atoms with Gasteiger partial charge in [-0.25, -0.2) is 4.89 Å². The van der Waals surface area contributed by atoms with E-state index in [1.807, 2.05) is 18.2 Å². The number of nitrogen functional groups attached to an aromatic ring is 1. The number of carbonyl (C=O) groups excluding carboxylic acids is 1. The molecular weight excluding hydrogens is 1050 g/mol. The summed E-state index contributed by atoms with van der Waals surface area (Å²) < 4.78 is 61.6. The molecule has 0 aromatic heterocycles. The number of nitrogens with two attached hydrogens (primary N) is 1. The average Bonchev–Trinajstić information content (AvgIpc) is 3.52. The number of rotatable bonds is 60. The highest BCUT2D eigenvalue weighted by Crippen LogP contribution is 2.30. The average molecular weight is 1160 g/mol. The van der Waals surface area contributed by atoms with Crippen LogP contribution in [0.2, 0.25) is 0 Å². The van der Waals surface area contributed by atoms with Crippen molar-refractivity contribution < 1.29 is 67.0 Å². The van der Waals surface area contributed by atoms with E-state index in [2.05, 4.69) is 72.2 Å². The van der Waals surface area contributed by atoms with Crippen LogP contribution in [-0.2, 0) is 52.3 Å². The minimum atomic E-state index is -0.200. The Labute approximate surface area is 502 Å². The van der Waals surface area contributed by atoms with E-state index in [1.54, 1.807) is 0 Å². The summed E-state index contributed by atoms with van der Waals surface area (Å²) in [4.78, 5) is 16.8. The van der Waals surface area contributed by atoms with Crippen LogP contribution >= 0.6 is 0 Å². The van der Waals surface area contributed by atoms with Crippen LogP contribution in [0.15, 0.2) is 18.2 Å². The van der Waals surface area contributed by atoms with Crippen LogP contribution in [0, 0.1) is 71.7 Å². The van der Waals surface area contributed by atoms with E-state index in [-0.39, 0.29) is 18.7 Å². The molecule has 15 heteroatoms. The second-order valence-electron chi connectivity index (χ2n) is 20.0. The summed E-state index contributed by atoms with van der Waals surface area (Å²) in [6.07, 6.45) is 40.0. The zero-order valence-electron chi connectivity index (χ0n) is 51.0. The molecule has 0 saturated carbocycles. The number of terminal acetylenes is 1. The lowest BCUT2D eigenvalue weighted by Gasteiger charge is -2.14. The van der Waals surface area contributed by atoms with Gasteiger partial charge in [0.1, 0.15) is 19.3 Å². The quantitative estimate of drug-likeness (QED) is 0.0157. The molecule has 3 N–H and O–H groups in total. The van der Waals surface area contributed by atoms with Gasteiger partial charge in [-0.15, -0.1) is 6.42 Å². The Balaban J connectivity index is 1.88. The molecular formula is C68H105NO14. The van der Waals surface area contributed by atoms with Gasteiger partial charge in [-0.05, 0) is 73.8 Å².